The lowest BCUT2D eigenvalue weighted by molar-refractivity contribution is 0.477. The zero-order valence-electron chi connectivity index (χ0n) is 9.89. The lowest BCUT2D eigenvalue weighted by atomic mass is 10.3. The van der Waals surface area contributed by atoms with E-state index in [4.69, 9.17) is 5.73 Å². The molecule has 0 saturated heterocycles. The second kappa shape index (κ2) is 5.24. The van der Waals surface area contributed by atoms with Gasteiger partial charge in [0.25, 0.3) is 0 Å². The van der Waals surface area contributed by atoms with E-state index in [1.54, 1.807) is 6.20 Å². The summed E-state index contributed by atoms with van der Waals surface area (Å²) in [6.07, 6.45) is 3.14. The molecule has 0 atom stereocenters. The maximum Gasteiger partial charge on any atom is 0.240 e. The van der Waals surface area contributed by atoms with E-state index in [0.29, 0.717) is 6.54 Å². The Kier molecular flexibility index (Phi) is 3.67. The Bertz CT molecular complexity index is 654. The molecule has 4 N–H and O–H groups in total. The van der Waals surface area contributed by atoms with E-state index in [1.807, 2.05) is 0 Å². The normalized spacial score (nSPS) is 11.6. The average Bonchev–Trinajstić information content (AvgIpc) is 2.85. The van der Waals surface area contributed by atoms with Crippen molar-refractivity contribution in [1.29, 1.82) is 0 Å². The molecule has 1 aromatic heterocycles. The molecule has 0 aliphatic heterocycles. The molecule has 2 aromatic rings. The third-order valence-electron chi connectivity index (χ3n) is 2.41. The molecule has 0 aliphatic rings. The van der Waals surface area contributed by atoms with Crippen LogP contribution in [0.25, 0.3) is 0 Å². The summed E-state index contributed by atoms with van der Waals surface area (Å²) in [6.45, 7) is 0.541. The Balaban J connectivity index is 2.03. The fraction of sp³-hybridized carbons (Fsp3) is 0.200. The molecule has 0 saturated carbocycles. The van der Waals surface area contributed by atoms with Gasteiger partial charge in [0.15, 0.2) is 0 Å². The molecule has 0 fully saturated rings. The number of benzene rings is 1. The Morgan fingerprint density at radius 1 is 1.42 bits per heavy atom. The monoisotopic (exact) mass is 283 g/mol. The number of anilines is 1. The number of nitrogens with zero attached hydrogens (tertiary/aromatic N) is 3. The van der Waals surface area contributed by atoms with Crippen LogP contribution in [0.3, 0.4) is 0 Å². The van der Waals surface area contributed by atoms with Gasteiger partial charge in [-0.25, -0.2) is 13.1 Å². The van der Waals surface area contributed by atoms with Crippen LogP contribution < -0.4 is 10.5 Å². The first-order chi connectivity index (χ1) is 8.99. The highest BCUT2D eigenvalue weighted by Crippen LogP contribution is 2.22. The SMILES string of the molecule is Nc1cc(S(=O)(=O)NCCn2ccnn2)ccc1O. The quantitative estimate of drug-likeness (QED) is 0.504. The highest BCUT2D eigenvalue weighted by molar-refractivity contribution is 7.89. The summed E-state index contributed by atoms with van der Waals surface area (Å²) < 4.78 is 27.8. The molecule has 1 aromatic carbocycles. The predicted molar refractivity (Wildman–Crippen MR) is 67.7 cm³/mol. The molecule has 0 radical (unpaired) electrons. The van der Waals surface area contributed by atoms with E-state index in [2.05, 4.69) is 15.0 Å². The average molecular weight is 283 g/mol. The number of aromatic hydroxyl groups is 1. The van der Waals surface area contributed by atoms with Crippen LogP contribution >= 0.6 is 0 Å². The van der Waals surface area contributed by atoms with Crippen LogP contribution in [-0.4, -0.2) is 35.1 Å². The van der Waals surface area contributed by atoms with E-state index in [1.165, 1.54) is 29.1 Å². The molecule has 102 valence electrons. The summed E-state index contributed by atoms with van der Waals surface area (Å²) in [4.78, 5) is 0.00129. The van der Waals surface area contributed by atoms with Gasteiger partial charge in [0.05, 0.1) is 23.3 Å². The summed E-state index contributed by atoms with van der Waals surface area (Å²) in [5.41, 5.74) is 5.47. The number of phenolic OH excluding ortho intramolecular Hbond substituents is 1. The topological polar surface area (TPSA) is 123 Å². The van der Waals surface area contributed by atoms with Crippen molar-refractivity contribution in [3.05, 3.63) is 30.6 Å². The van der Waals surface area contributed by atoms with Crippen LogP contribution in [0.1, 0.15) is 0 Å². The van der Waals surface area contributed by atoms with Gasteiger partial charge in [-0.05, 0) is 18.2 Å². The van der Waals surface area contributed by atoms with Crippen molar-refractivity contribution in [2.24, 2.45) is 0 Å². The van der Waals surface area contributed by atoms with Gasteiger partial charge in [0, 0.05) is 12.7 Å². The van der Waals surface area contributed by atoms with Crippen LogP contribution in [0.4, 0.5) is 5.69 Å². The summed E-state index contributed by atoms with van der Waals surface area (Å²) in [6, 6.07) is 3.72. The molecule has 9 heteroatoms. The molecule has 8 nitrogen and oxygen atoms in total. The zero-order valence-corrected chi connectivity index (χ0v) is 10.7. The minimum Gasteiger partial charge on any atom is -0.506 e. The van der Waals surface area contributed by atoms with Gasteiger partial charge in [0.2, 0.25) is 10.0 Å². The number of nitrogen functional groups attached to an aromatic ring is 1. The highest BCUT2D eigenvalue weighted by Gasteiger charge is 2.14. The maximum atomic E-state index is 11.9. The number of nitrogens with two attached hydrogens (primary N) is 1. The number of hydrogen-bond acceptors (Lipinski definition) is 6. The van der Waals surface area contributed by atoms with Crippen molar-refractivity contribution in [1.82, 2.24) is 19.7 Å². The van der Waals surface area contributed by atoms with Gasteiger partial charge in [-0.3, -0.25) is 4.68 Å². The number of phenols is 1. The molecule has 0 unspecified atom stereocenters. The molecule has 0 spiro atoms. The van der Waals surface area contributed by atoms with E-state index in [-0.39, 0.29) is 22.9 Å². The van der Waals surface area contributed by atoms with Crippen LogP contribution in [0.2, 0.25) is 0 Å². The van der Waals surface area contributed by atoms with Crippen LogP contribution in [0.15, 0.2) is 35.5 Å². The fourth-order valence-electron chi connectivity index (χ4n) is 1.43. The van der Waals surface area contributed by atoms with Crippen LogP contribution in [0.5, 0.6) is 5.75 Å². The first-order valence-corrected chi connectivity index (χ1v) is 6.89. The Hall–Kier alpha value is -2.13. The van der Waals surface area contributed by atoms with E-state index in [9.17, 15) is 13.5 Å². The fourth-order valence-corrected chi connectivity index (χ4v) is 2.49. The summed E-state index contributed by atoms with van der Waals surface area (Å²) in [7, 11) is -3.66. The van der Waals surface area contributed by atoms with E-state index < -0.39 is 10.0 Å². The molecule has 0 amide bonds. The predicted octanol–water partition coefficient (Wildman–Crippen LogP) is -0.456. The number of sulfonamides is 1. The third kappa shape index (κ3) is 3.20. The van der Waals surface area contributed by atoms with E-state index in [0.717, 1.165) is 0 Å². The van der Waals surface area contributed by atoms with Crippen molar-refractivity contribution in [2.45, 2.75) is 11.4 Å². The smallest absolute Gasteiger partial charge is 0.240 e. The standard InChI is InChI=1S/C10H13N5O3S/c11-9-7-8(1-2-10(9)16)19(17,18)13-4-6-15-5-3-12-14-15/h1-3,5,7,13,16H,4,6,11H2. The maximum absolute atomic E-state index is 11.9. The number of hydrogen-bond donors (Lipinski definition) is 3. The van der Waals surface area contributed by atoms with Gasteiger partial charge in [-0.1, -0.05) is 5.21 Å². The van der Waals surface area contributed by atoms with Crippen molar-refractivity contribution >= 4 is 15.7 Å². The molecule has 1 heterocycles. The van der Waals surface area contributed by atoms with Crippen molar-refractivity contribution in [3.63, 3.8) is 0 Å². The van der Waals surface area contributed by atoms with Crippen LogP contribution in [0, 0.1) is 0 Å². The van der Waals surface area contributed by atoms with Crippen LogP contribution in [-0.2, 0) is 16.6 Å². The van der Waals surface area contributed by atoms with Gasteiger partial charge in [-0.15, -0.1) is 5.10 Å². The van der Waals surface area contributed by atoms with Gasteiger partial charge in [-0.2, -0.15) is 0 Å². The molecule has 2 rings (SSSR count). The minimum atomic E-state index is -3.66. The molecular weight excluding hydrogens is 270 g/mol. The van der Waals surface area contributed by atoms with E-state index >= 15 is 0 Å². The zero-order chi connectivity index (χ0) is 13.9. The number of nitrogens with one attached hydrogen (secondary N) is 1. The Morgan fingerprint density at radius 3 is 2.84 bits per heavy atom. The first kappa shape index (κ1) is 13.3. The van der Waals surface area contributed by atoms with Crippen molar-refractivity contribution in [3.8, 4) is 5.75 Å². The molecule has 19 heavy (non-hydrogen) atoms. The number of rotatable bonds is 5. The highest BCUT2D eigenvalue weighted by atomic mass is 32.2. The van der Waals surface area contributed by atoms with Gasteiger partial charge >= 0.3 is 0 Å². The number of aromatic nitrogens is 3. The lowest BCUT2D eigenvalue weighted by Gasteiger charge is -2.08. The third-order valence-corrected chi connectivity index (χ3v) is 3.87. The van der Waals surface area contributed by atoms with Gasteiger partial charge in [0.1, 0.15) is 5.75 Å². The largest absolute Gasteiger partial charge is 0.506 e. The second-order valence-corrected chi connectivity index (χ2v) is 5.55. The van der Waals surface area contributed by atoms with Crippen molar-refractivity contribution < 1.29 is 13.5 Å². The van der Waals surface area contributed by atoms with Gasteiger partial charge < -0.3 is 10.8 Å². The summed E-state index contributed by atoms with van der Waals surface area (Å²) >= 11 is 0. The summed E-state index contributed by atoms with van der Waals surface area (Å²) in [5.74, 6) is -0.151. The summed E-state index contributed by atoms with van der Waals surface area (Å²) in [5, 5.41) is 16.6. The Labute approximate surface area is 109 Å². The first-order valence-electron chi connectivity index (χ1n) is 5.41. The second-order valence-electron chi connectivity index (χ2n) is 3.78. The molecular formula is C10H13N5O3S. The van der Waals surface area contributed by atoms with Crippen molar-refractivity contribution in [2.75, 3.05) is 12.3 Å². The molecule has 0 bridgehead atoms. The molecule has 0 aliphatic carbocycles. The minimum absolute atomic E-state index is 0.00129. The lowest BCUT2D eigenvalue weighted by Crippen LogP contribution is -2.27. The Morgan fingerprint density at radius 2 is 2.21 bits per heavy atom.